The van der Waals surface area contributed by atoms with Crippen LogP contribution in [0.5, 0.6) is 0 Å². The fourth-order valence-corrected chi connectivity index (χ4v) is 4.52. The summed E-state index contributed by atoms with van der Waals surface area (Å²) in [4.78, 5) is 2.46. The van der Waals surface area contributed by atoms with E-state index in [1.165, 1.54) is 22.5 Å². The Morgan fingerprint density at radius 1 is 1.08 bits per heavy atom. The molecule has 0 saturated heterocycles. The van der Waals surface area contributed by atoms with Gasteiger partial charge in [0, 0.05) is 57.1 Å². The van der Waals surface area contributed by atoms with Crippen LogP contribution in [0.15, 0.2) is 30.3 Å². The van der Waals surface area contributed by atoms with Gasteiger partial charge >= 0.3 is 0 Å². The second-order valence-corrected chi connectivity index (χ2v) is 7.86. The Hall–Kier alpha value is -1.75. The van der Waals surface area contributed by atoms with E-state index < -0.39 is 5.92 Å². The Morgan fingerprint density at radius 2 is 1.77 bits per heavy atom. The van der Waals surface area contributed by atoms with Crippen LogP contribution in [0.4, 0.5) is 8.78 Å². The van der Waals surface area contributed by atoms with Crippen LogP contribution in [-0.2, 0) is 19.9 Å². The highest BCUT2D eigenvalue weighted by Crippen LogP contribution is 2.36. The third-order valence-corrected chi connectivity index (χ3v) is 5.97. The zero-order valence-electron chi connectivity index (χ0n) is 15.4. The zero-order chi connectivity index (χ0) is 18.1. The van der Waals surface area contributed by atoms with Gasteiger partial charge < -0.3 is 4.90 Å². The van der Waals surface area contributed by atoms with Gasteiger partial charge in [0.05, 0.1) is 11.4 Å². The molecule has 0 radical (unpaired) electrons. The van der Waals surface area contributed by atoms with Crippen molar-refractivity contribution in [2.75, 3.05) is 19.6 Å². The quantitative estimate of drug-likeness (QED) is 0.814. The van der Waals surface area contributed by atoms with Crippen LogP contribution in [0.1, 0.15) is 36.9 Å². The molecule has 5 heteroatoms. The lowest BCUT2D eigenvalue weighted by molar-refractivity contribution is -0.0487. The van der Waals surface area contributed by atoms with Crippen LogP contribution < -0.4 is 0 Å². The molecule has 1 aliphatic carbocycles. The van der Waals surface area contributed by atoms with Gasteiger partial charge in [0.25, 0.3) is 0 Å². The van der Waals surface area contributed by atoms with E-state index in [0.29, 0.717) is 18.8 Å². The van der Waals surface area contributed by atoms with Gasteiger partial charge in [0.2, 0.25) is 5.92 Å². The minimum Gasteiger partial charge on any atom is -0.302 e. The Bertz CT molecular complexity index is 744. The molecule has 0 N–H and O–H groups in total. The molecule has 4 rings (SSSR count). The van der Waals surface area contributed by atoms with E-state index in [1.54, 1.807) is 0 Å². The monoisotopic (exact) mass is 359 g/mol. The van der Waals surface area contributed by atoms with E-state index in [1.807, 2.05) is 17.8 Å². The van der Waals surface area contributed by atoms with E-state index in [4.69, 9.17) is 5.10 Å². The van der Waals surface area contributed by atoms with Gasteiger partial charge in [-0.05, 0) is 25.2 Å². The molecule has 0 spiro atoms. The number of rotatable bonds is 3. The summed E-state index contributed by atoms with van der Waals surface area (Å²) in [6, 6.07) is 10.4. The number of alkyl halides is 2. The van der Waals surface area contributed by atoms with Crippen molar-refractivity contribution in [3.63, 3.8) is 0 Å². The second-order valence-electron chi connectivity index (χ2n) is 7.86. The van der Waals surface area contributed by atoms with E-state index in [9.17, 15) is 8.78 Å². The summed E-state index contributed by atoms with van der Waals surface area (Å²) in [6.07, 6.45) is 3.37. The predicted molar refractivity (Wildman–Crippen MR) is 99.4 cm³/mol. The summed E-state index contributed by atoms with van der Waals surface area (Å²) in [5.41, 5.74) is 4.99. The first kappa shape index (κ1) is 17.7. The Kier molecular flexibility index (Phi) is 4.82. The molecule has 0 atom stereocenters. The van der Waals surface area contributed by atoms with Crippen LogP contribution in [0.25, 0.3) is 11.3 Å². The van der Waals surface area contributed by atoms with Crippen LogP contribution in [0.3, 0.4) is 0 Å². The number of halogens is 2. The molecular formula is C21H27F2N3. The zero-order valence-corrected chi connectivity index (χ0v) is 15.4. The molecule has 1 aromatic carbocycles. The smallest absolute Gasteiger partial charge is 0.248 e. The third-order valence-electron chi connectivity index (χ3n) is 5.97. The Balaban J connectivity index is 1.44. The number of aryl methyl sites for hydroxylation is 1. The van der Waals surface area contributed by atoms with E-state index in [0.717, 1.165) is 32.5 Å². The number of aromatic nitrogens is 2. The van der Waals surface area contributed by atoms with Crippen molar-refractivity contribution >= 4 is 0 Å². The fraction of sp³-hybridized carbons (Fsp3) is 0.571. The number of nitrogens with zero attached hydrogens (tertiary/aromatic N) is 3. The molecule has 3 nitrogen and oxygen atoms in total. The minimum atomic E-state index is -2.43. The predicted octanol–water partition coefficient (Wildman–Crippen LogP) is 4.31. The van der Waals surface area contributed by atoms with Crippen molar-refractivity contribution < 1.29 is 8.78 Å². The molecule has 2 aromatic rings. The highest BCUT2D eigenvalue weighted by molar-refractivity contribution is 5.64. The first-order valence-corrected chi connectivity index (χ1v) is 9.72. The number of hydrogen-bond donors (Lipinski definition) is 0. The van der Waals surface area contributed by atoms with Gasteiger partial charge in [0.15, 0.2) is 0 Å². The number of hydrogen-bond acceptors (Lipinski definition) is 2. The van der Waals surface area contributed by atoms with Crippen LogP contribution >= 0.6 is 0 Å². The standard InChI is InChI=1S/C21H27F2N3/c1-25-20(17-5-3-2-4-6-17)18-9-13-26(14-10-19(18)24-25)15-16-7-11-21(22,23)12-8-16/h2-6,16H,7-15H2,1H3. The first-order valence-electron chi connectivity index (χ1n) is 9.72. The number of fused-ring (bicyclic) bond motifs is 1. The topological polar surface area (TPSA) is 21.1 Å². The summed E-state index contributed by atoms with van der Waals surface area (Å²) in [5.74, 6) is -2.01. The SMILES string of the molecule is Cn1nc2c(c1-c1ccccc1)CCN(CC1CCC(F)(F)CC1)CC2. The summed E-state index contributed by atoms with van der Waals surface area (Å²) in [5, 5.41) is 4.78. The van der Waals surface area contributed by atoms with Crippen LogP contribution in [0, 0.1) is 5.92 Å². The van der Waals surface area contributed by atoms with Crippen molar-refractivity contribution in [2.24, 2.45) is 13.0 Å². The fourth-order valence-electron chi connectivity index (χ4n) is 4.52. The molecule has 26 heavy (non-hydrogen) atoms. The maximum absolute atomic E-state index is 13.4. The Labute approximate surface area is 154 Å². The normalized spacial score (nSPS) is 21.3. The summed E-state index contributed by atoms with van der Waals surface area (Å²) < 4.78 is 28.8. The maximum atomic E-state index is 13.4. The lowest BCUT2D eigenvalue weighted by Crippen LogP contribution is -2.35. The molecule has 2 aliphatic rings. The van der Waals surface area contributed by atoms with Crippen LogP contribution in [-0.4, -0.2) is 40.2 Å². The van der Waals surface area contributed by atoms with Gasteiger partial charge in [-0.2, -0.15) is 5.10 Å². The van der Waals surface area contributed by atoms with Gasteiger partial charge in [-0.15, -0.1) is 0 Å². The van der Waals surface area contributed by atoms with Crippen molar-refractivity contribution in [1.82, 2.24) is 14.7 Å². The highest BCUT2D eigenvalue weighted by atomic mass is 19.3. The van der Waals surface area contributed by atoms with Gasteiger partial charge in [-0.1, -0.05) is 30.3 Å². The van der Waals surface area contributed by atoms with Gasteiger partial charge in [-0.25, -0.2) is 8.78 Å². The molecule has 1 fully saturated rings. The second kappa shape index (κ2) is 7.10. The molecular weight excluding hydrogens is 332 g/mol. The molecule has 0 amide bonds. The first-order chi connectivity index (χ1) is 12.5. The molecule has 1 saturated carbocycles. The Morgan fingerprint density at radius 3 is 2.50 bits per heavy atom. The molecule has 1 aliphatic heterocycles. The largest absolute Gasteiger partial charge is 0.302 e. The van der Waals surface area contributed by atoms with E-state index in [-0.39, 0.29) is 12.8 Å². The van der Waals surface area contributed by atoms with Crippen LogP contribution in [0.2, 0.25) is 0 Å². The highest BCUT2D eigenvalue weighted by Gasteiger charge is 2.35. The van der Waals surface area contributed by atoms with Crippen molar-refractivity contribution in [3.8, 4) is 11.3 Å². The van der Waals surface area contributed by atoms with Gasteiger partial charge in [-0.3, -0.25) is 4.68 Å². The van der Waals surface area contributed by atoms with Crippen molar-refractivity contribution in [1.29, 1.82) is 0 Å². The average molecular weight is 359 g/mol. The minimum absolute atomic E-state index is 0.0618. The van der Waals surface area contributed by atoms with E-state index >= 15 is 0 Å². The molecule has 1 aromatic heterocycles. The molecule has 0 unspecified atom stereocenters. The summed E-state index contributed by atoms with van der Waals surface area (Å²) >= 11 is 0. The molecule has 2 heterocycles. The van der Waals surface area contributed by atoms with E-state index in [2.05, 4.69) is 29.2 Å². The maximum Gasteiger partial charge on any atom is 0.248 e. The molecule has 0 bridgehead atoms. The number of benzene rings is 1. The van der Waals surface area contributed by atoms with Gasteiger partial charge in [0.1, 0.15) is 0 Å². The third kappa shape index (κ3) is 3.68. The molecule has 140 valence electrons. The lowest BCUT2D eigenvalue weighted by Gasteiger charge is -2.32. The summed E-state index contributed by atoms with van der Waals surface area (Å²) in [7, 11) is 2.02. The average Bonchev–Trinajstić information content (AvgIpc) is 2.82. The van der Waals surface area contributed by atoms with Crippen molar-refractivity contribution in [2.45, 2.75) is 44.4 Å². The summed E-state index contributed by atoms with van der Waals surface area (Å²) in [6.45, 7) is 2.92. The lowest BCUT2D eigenvalue weighted by atomic mass is 9.86. The van der Waals surface area contributed by atoms with Crippen molar-refractivity contribution in [3.05, 3.63) is 41.6 Å².